The van der Waals surface area contributed by atoms with Gasteiger partial charge in [0, 0.05) is 12.1 Å². The molecule has 0 aliphatic rings. The fraction of sp³-hybridized carbons (Fsp3) is 0.250. The largest absolute Gasteiger partial charge is 0.508 e. The Kier molecular flexibility index (Phi) is 2.10. The molecule has 0 saturated carbocycles. The van der Waals surface area contributed by atoms with E-state index >= 15 is 0 Å². The van der Waals surface area contributed by atoms with Crippen molar-refractivity contribution >= 4 is 0 Å². The highest BCUT2D eigenvalue weighted by Gasteiger charge is 2.04. The predicted octanol–water partition coefficient (Wildman–Crippen LogP) is 1.30. The SMILES string of the molecule is Cc1cc(O)cc(CN)c1F. The second kappa shape index (κ2) is 2.88. The van der Waals surface area contributed by atoms with Crippen molar-refractivity contribution in [1.29, 1.82) is 0 Å². The van der Waals surface area contributed by atoms with Crippen molar-refractivity contribution in [1.82, 2.24) is 0 Å². The van der Waals surface area contributed by atoms with Gasteiger partial charge in [0.05, 0.1) is 0 Å². The second-order valence-electron chi connectivity index (χ2n) is 2.44. The molecule has 11 heavy (non-hydrogen) atoms. The van der Waals surface area contributed by atoms with E-state index in [1.54, 1.807) is 6.92 Å². The zero-order chi connectivity index (χ0) is 8.43. The van der Waals surface area contributed by atoms with Crippen LogP contribution in [0.1, 0.15) is 11.1 Å². The lowest BCUT2D eigenvalue weighted by Gasteiger charge is -2.03. The Bertz CT molecular complexity index is 273. The molecule has 1 aromatic rings. The molecule has 0 atom stereocenters. The zero-order valence-corrected chi connectivity index (χ0v) is 6.26. The second-order valence-corrected chi connectivity index (χ2v) is 2.44. The Morgan fingerprint density at radius 1 is 1.55 bits per heavy atom. The number of hydrogen-bond acceptors (Lipinski definition) is 2. The van der Waals surface area contributed by atoms with Crippen LogP contribution >= 0.6 is 0 Å². The third-order valence-corrected chi connectivity index (χ3v) is 1.53. The van der Waals surface area contributed by atoms with Crippen LogP contribution in [0.2, 0.25) is 0 Å². The zero-order valence-electron chi connectivity index (χ0n) is 6.26. The van der Waals surface area contributed by atoms with Crippen molar-refractivity contribution in [2.75, 3.05) is 0 Å². The average Bonchev–Trinajstić information content (AvgIpc) is 1.96. The molecule has 3 heteroatoms. The van der Waals surface area contributed by atoms with Gasteiger partial charge in [-0.25, -0.2) is 4.39 Å². The fourth-order valence-corrected chi connectivity index (χ4v) is 0.971. The fourth-order valence-electron chi connectivity index (χ4n) is 0.971. The third-order valence-electron chi connectivity index (χ3n) is 1.53. The van der Waals surface area contributed by atoms with Crippen molar-refractivity contribution in [2.45, 2.75) is 13.5 Å². The van der Waals surface area contributed by atoms with E-state index in [1.165, 1.54) is 12.1 Å². The number of benzene rings is 1. The summed E-state index contributed by atoms with van der Waals surface area (Å²) in [5.74, 6) is -0.269. The van der Waals surface area contributed by atoms with Gasteiger partial charge in [-0.1, -0.05) is 0 Å². The van der Waals surface area contributed by atoms with E-state index in [0.29, 0.717) is 11.1 Å². The van der Waals surface area contributed by atoms with E-state index in [-0.39, 0.29) is 18.1 Å². The molecule has 60 valence electrons. The maximum atomic E-state index is 13.0. The van der Waals surface area contributed by atoms with E-state index in [2.05, 4.69) is 0 Å². The van der Waals surface area contributed by atoms with Gasteiger partial charge in [0.15, 0.2) is 0 Å². The van der Waals surface area contributed by atoms with E-state index in [9.17, 15) is 4.39 Å². The number of phenols is 1. The van der Waals surface area contributed by atoms with E-state index in [0.717, 1.165) is 0 Å². The smallest absolute Gasteiger partial charge is 0.130 e. The van der Waals surface area contributed by atoms with Crippen LogP contribution in [0.25, 0.3) is 0 Å². The Hall–Kier alpha value is -1.09. The van der Waals surface area contributed by atoms with Gasteiger partial charge < -0.3 is 10.8 Å². The number of nitrogens with two attached hydrogens (primary N) is 1. The van der Waals surface area contributed by atoms with E-state index in [1.807, 2.05) is 0 Å². The minimum Gasteiger partial charge on any atom is -0.508 e. The highest BCUT2D eigenvalue weighted by atomic mass is 19.1. The Morgan fingerprint density at radius 3 is 2.73 bits per heavy atom. The highest BCUT2D eigenvalue weighted by Crippen LogP contribution is 2.18. The standard InChI is InChI=1S/C8H10FNO/c1-5-2-7(11)3-6(4-10)8(5)9/h2-3,11H,4,10H2,1H3. The molecule has 2 nitrogen and oxygen atoms in total. The van der Waals surface area contributed by atoms with Crippen molar-refractivity contribution in [3.8, 4) is 5.75 Å². The number of halogens is 1. The van der Waals surface area contributed by atoms with Gasteiger partial charge in [0.1, 0.15) is 11.6 Å². The summed E-state index contributed by atoms with van der Waals surface area (Å²) in [7, 11) is 0. The van der Waals surface area contributed by atoms with Gasteiger partial charge in [-0.05, 0) is 24.6 Å². The lowest BCUT2D eigenvalue weighted by molar-refractivity contribution is 0.470. The van der Waals surface area contributed by atoms with E-state index in [4.69, 9.17) is 10.8 Å². The molecule has 0 bridgehead atoms. The lowest BCUT2D eigenvalue weighted by atomic mass is 10.1. The molecule has 0 unspecified atom stereocenters. The monoisotopic (exact) mass is 155 g/mol. The molecule has 0 spiro atoms. The van der Waals surface area contributed by atoms with Crippen LogP contribution in [-0.4, -0.2) is 5.11 Å². The molecular weight excluding hydrogens is 145 g/mol. The van der Waals surface area contributed by atoms with Crippen molar-refractivity contribution in [3.05, 3.63) is 29.1 Å². The normalized spacial score (nSPS) is 10.1. The summed E-state index contributed by atoms with van der Waals surface area (Å²) in [6.07, 6.45) is 0. The van der Waals surface area contributed by atoms with Crippen LogP contribution in [-0.2, 0) is 6.54 Å². The third kappa shape index (κ3) is 1.49. The molecule has 1 rings (SSSR count). The summed E-state index contributed by atoms with van der Waals surface area (Å²) in [6, 6.07) is 2.71. The molecule has 3 N–H and O–H groups in total. The number of hydrogen-bond donors (Lipinski definition) is 2. The molecule has 0 aromatic heterocycles. The summed E-state index contributed by atoms with van der Waals surface area (Å²) in [5.41, 5.74) is 6.01. The lowest BCUT2D eigenvalue weighted by Crippen LogP contribution is -2.00. The van der Waals surface area contributed by atoms with Gasteiger partial charge in [-0.3, -0.25) is 0 Å². The van der Waals surface area contributed by atoms with Crippen molar-refractivity contribution < 1.29 is 9.50 Å². The molecule has 0 aliphatic heterocycles. The Balaban J connectivity index is 3.24. The first-order chi connectivity index (χ1) is 5.15. The summed E-state index contributed by atoms with van der Waals surface area (Å²) in [6.45, 7) is 1.70. The molecule has 0 fully saturated rings. The van der Waals surface area contributed by atoms with Gasteiger partial charge >= 0.3 is 0 Å². The van der Waals surface area contributed by atoms with Crippen LogP contribution in [0, 0.1) is 12.7 Å². The summed E-state index contributed by atoms with van der Waals surface area (Å²) < 4.78 is 13.0. The maximum absolute atomic E-state index is 13.0. The van der Waals surface area contributed by atoms with Gasteiger partial charge in [-0.2, -0.15) is 0 Å². The Labute approximate surface area is 64.5 Å². The Morgan fingerprint density at radius 2 is 2.18 bits per heavy atom. The van der Waals surface area contributed by atoms with Crippen molar-refractivity contribution in [3.63, 3.8) is 0 Å². The van der Waals surface area contributed by atoms with E-state index < -0.39 is 0 Å². The van der Waals surface area contributed by atoms with Crippen LogP contribution in [0.15, 0.2) is 12.1 Å². The van der Waals surface area contributed by atoms with Crippen LogP contribution in [0.4, 0.5) is 4.39 Å². The van der Waals surface area contributed by atoms with Crippen molar-refractivity contribution in [2.24, 2.45) is 5.73 Å². The van der Waals surface area contributed by atoms with Crippen LogP contribution < -0.4 is 5.73 Å². The summed E-state index contributed by atoms with van der Waals surface area (Å²) in [5, 5.41) is 9.03. The summed E-state index contributed by atoms with van der Waals surface area (Å²) >= 11 is 0. The molecule has 0 saturated heterocycles. The van der Waals surface area contributed by atoms with Gasteiger partial charge in [-0.15, -0.1) is 0 Å². The molecule has 1 aromatic carbocycles. The van der Waals surface area contributed by atoms with Gasteiger partial charge in [0.2, 0.25) is 0 Å². The molecular formula is C8H10FNO. The number of phenolic OH excluding ortho intramolecular Hbond substituents is 1. The minimum absolute atomic E-state index is 0.0596. The minimum atomic E-state index is -0.328. The first-order valence-corrected chi connectivity index (χ1v) is 3.33. The van der Waals surface area contributed by atoms with Crippen LogP contribution in [0.5, 0.6) is 5.75 Å². The quantitative estimate of drug-likeness (QED) is 0.642. The highest BCUT2D eigenvalue weighted by molar-refractivity contribution is 5.34. The predicted molar refractivity (Wildman–Crippen MR) is 40.7 cm³/mol. The first kappa shape index (κ1) is 8.01. The number of aryl methyl sites for hydroxylation is 1. The van der Waals surface area contributed by atoms with Crippen LogP contribution in [0.3, 0.4) is 0 Å². The average molecular weight is 155 g/mol. The number of aromatic hydroxyl groups is 1. The molecule has 0 heterocycles. The molecule has 0 radical (unpaired) electrons. The topological polar surface area (TPSA) is 46.2 Å². The number of rotatable bonds is 1. The van der Waals surface area contributed by atoms with Gasteiger partial charge in [0.25, 0.3) is 0 Å². The summed E-state index contributed by atoms with van der Waals surface area (Å²) in [4.78, 5) is 0. The first-order valence-electron chi connectivity index (χ1n) is 3.33. The maximum Gasteiger partial charge on any atom is 0.130 e. The molecule has 0 aliphatic carbocycles. The molecule has 0 amide bonds.